The minimum absolute atomic E-state index is 0.691. The summed E-state index contributed by atoms with van der Waals surface area (Å²) >= 11 is 0. The molecular weight excluding hydrogens is 236 g/mol. The molecule has 0 spiro atoms. The highest BCUT2D eigenvalue weighted by molar-refractivity contribution is 5.64. The molecule has 0 aliphatic rings. The van der Waals surface area contributed by atoms with E-state index in [1.54, 1.807) is 18.6 Å². The van der Waals surface area contributed by atoms with Crippen molar-refractivity contribution in [2.75, 3.05) is 5.73 Å². The van der Waals surface area contributed by atoms with Gasteiger partial charge in [-0.25, -0.2) is 9.97 Å². The van der Waals surface area contributed by atoms with E-state index in [4.69, 9.17) is 5.73 Å². The molecule has 0 radical (unpaired) electrons. The number of nitrogens with two attached hydrogens (primary N) is 1. The summed E-state index contributed by atoms with van der Waals surface area (Å²) in [6.07, 6.45) is 5.22. The van der Waals surface area contributed by atoms with E-state index in [2.05, 4.69) is 15.0 Å². The Morgan fingerprint density at radius 2 is 1.47 bits per heavy atom. The van der Waals surface area contributed by atoms with Crippen molar-refractivity contribution >= 4 is 5.69 Å². The summed E-state index contributed by atoms with van der Waals surface area (Å²) in [7, 11) is 0. The topological polar surface area (TPSA) is 64.7 Å². The molecule has 92 valence electrons. The van der Waals surface area contributed by atoms with E-state index in [0.29, 0.717) is 5.82 Å². The second kappa shape index (κ2) is 4.86. The molecule has 0 bridgehead atoms. The average Bonchev–Trinajstić information content (AvgIpc) is 2.49. The first-order valence-electron chi connectivity index (χ1n) is 5.92. The van der Waals surface area contributed by atoms with Crippen molar-refractivity contribution in [3.63, 3.8) is 0 Å². The van der Waals surface area contributed by atoms with Gasteiger partial charge in [-0.15, -0.1) is 0 Å². The Morgan fingerprint density at radius 1 is 0.737 bits per heavy atom. The number of hydrogen-bond acceptors (Lipinski definition) is 4. The third kappa shape index (κ3) is 2.42. The highest BCUT2D eigenvalue weighted by Gasteiger charge is 2.04. The number of rotatable bonds is 2. The predicted molar refractivity (Wildman–Crippen MR) is 75.1 cm³/mol. The van der Waals surface area contributed by atoms with Crippen LogP contribution >= 0.6 is 0 Å². The smallest absolute Gasteiger partial charge is 0.159 e. The zero-order valence-corrected chi connectivity index (χ0v) is 10.2. The Hall–Kier alpha value is -2.75. The molecule has 2 heterocycles. The van der Waals surface area contributed by atoms with Crippen LogP contribution in [0.3, 0.4) is 0 Å². The van der Waals surface area contributed by atoms with Crippen LogP contribution in [0.2, 0.25) is 0 Å². The van der Waals surface area contributed by atoms with Gasteiger partial charge < -0.3 is 5.73 Å². The summed E-state index contributed by atoms with van der Waals surface area (Å²) < 4.78 is 0. The molecule has 0 unspecified atom stereocenters. The lowest BCUT2D eigenvalue weighted by Crippen LogP contribution is -1.92. The van der Waals surface area contributed by atoms with Gasteiger partial charge in [-0.05, 0) is 30.3 Å². The van der Waals surface area contributed by atoms with E-state index in [-0.39, 0.29) is 0 Å². The van der Waals surface area contributed by atoms with Gasteiger partial charge in [0, 0.05) is 35.4 Å². The Labute approximate surface area is 111 Å². The van der Waals surface area contributed by atoms with Crippen molar-refractivity contribution in [3.05, 3.63) is 61.1 Å². The lowest BCUT2D eigenvalue weighted by Gasteiger charge is -2.04. The van der Waals surface area contributed by atoms with Crippen LogP contribution in [0.15, 0.2) is 61.1 Å². The molecular formula is C15H12N4. The van der Waals surface area contributed by atoms with Crippen molar-refractivity contribution in [2.45, 2.75) is 0 Å². The average molecular weight is 248 g/mol. The van der Waals surface area contributed by atoms with Crippen molar-refractivity contribution in [3.8, 4) is 22.6 Å². The Kier molecular flexibility index (Phi) is 2.90. The van der Waals surface area contributed by atoms with E-state index < -0.39 is 0 Å². The zero-order valence-electron chi connectivity index (χ0n) is 10.2. The largest absolute Gasteiger partial charge is 0.399 e. The molecule has 0 atom stereocenters. The molecule has 3 aromatic rings. The summed E-state index contributed by atoms with van der Waals surface area (Å²) in [6.45, 7) is 0. The number of benzene rings is 1. The lowest BCUT2D eigenvalue weighted by atomic mass is 10.1. The predicted octanol–water partition coefficient (Wildman–Crippen LogP) is 2.79. The van der Waals surface area contributed by atoms with Gasteiger partial charge in [0.05, 0.1) is 5.69 Å². The third-order valence-corrected chi connectivity index (χ3v) is 2.80. The molecule has 3 rings (SSSR count). The van der Waals surface area contributed by atoms with Gasteiger partial charge in [-0.1, -0.05) is 12.1 Å². The molecule has 0 aliphatic carbocycles. The first-order valence-corrected chi connectivity index (χ1v) is 5.92. The highest BCUT2D eigenvalue weighted by Crippen LogP contribution is 2.21. The monoisotopic (exact) mass is 248 g/mol. The van der Waals surface area contributed by atoms with E-state index in [9.17, 15) is 0 Å². The van der Waals surface area contributed by atoms with Gasteiger partial charge in [0.1, 0.15) is 0 Å². The maximum absolute atomic E-state index is 5.69. The summed E-state index contributed by atoms with van der Waals surface area (Å²) in [5, 5.41) is 0. The van der Waals surface area contributed by atoms with Gasteiger partial charge in [0.25, 0.3) is 0 Å². The first-order chi connectivity index (χ1) is 9.33. The second-order valence-electron chi connectivity index (χ2n) is 4.12. The zero-order chi connectivity index (χ0) is 13.1. The quantitative estimate of drug-likeness (QED) is 0.708. The van der Waals surface area contributed by atoms with Crippen LogP contribution in [-0.4, -0.2) is 15.0 Å². The molecule has 2 N–H and O–H groups in total. The van der Waals surface area contributed by atoms with E-state index in [0.717, 1.165) is 22.5 Å². The third-order valence-electron chi connectivity index (χ3n) is 2.80. The molecule has 1 aromatic carbocycles. The maximum atomic E-state index is 5.69. The number of nitrogen functional groups attached to an aromatic ring is 1. The van der Waals surface area contributed by atoms with Gasteiger partial charge in [0.15, 0.2) is 5.82 Å². The van der Waals surface area contributed by atoms with Crippen LogP contribution in [0, 0.1) is 0 Å². The fourth-order valence-corrected chi connectivity index (χ4v) is 1.81. The highest BCUT2D eigenvalue weighted by atomic mass is 14.9. The van der Waals surface area contributed by atoms with Gasteiger partial charge >= 0.3 is 0 Å². The summed E-state index contributed by atoms with van der Waals surface area (Å²) in [5.74, 6) is 0.691. The van der Waals surface area contributed by atoms with E-state index in [1.165, 1.54) is 0 Å². The van der Waals surface area contributed by atoms with Crippen LogP contribution in [0.25, 0.3) is 22.6 Å². The molecule has 0 saturated heterocycles. The SMILES string of the molecule is Nc1ccc(-c2ccnc(-c3ccncc3)n2)cc1. The molecule has 0 aliphatic heterocycles. The van der Waals surface area contributed by atoms with Crippen LogP contribution in [0.4, 0.5) is 5.69 Å². The Balaban J connectivity index is 2.03. The second-order valence-corrected chi connectivity index (χ2v) is 4.12. The normalized spacial score (nSPS) is 10.3. The molecule has 0 saturated carbocycles. The first kappa shape index (κ1) is 11.3. The van der Waals surface area contributed by atoms with Crippen molar-refractivity contribution in [1.29, 1.82) is 0 Å². The van der Waals surface area contributed by atoms with Crippen LogP contribution in [-0.2, 0) is 0 Å². The van der Waals surface area contributed by atoms with Crippen LogP contribution in [0.5, 0.6) is 0 Å². The van der Waals surface area contributed by atoms with Crippen molar-refractivity contribution < 1.29 is 0 Å². The number of hydrogen-bond donors (Lipinski definition) is 1. The maximum Gasteiger partial charge on any atom is 0.159 e. The van der Waals surface area contributed by atoms with Gasteiger partial charge in [-0.3, -0.25) is 4.98 Å². The van der Waals surface area contributed by atoms with Crippen molar-refractivity contribution in [1.82, 2.24) is 15.0 Å². The summed E-state index contributed by atoms with van der Waals surface area (Å²) in [4.78, 5) is 12.8. The molecule has 4 heteroatoms. The molecule has 0 fully saturated rings. The standard InChI is InChI=1S/C15H12N4/c16-13-3-1-11(2-4-13)14-7-10-18-15(19-14)12-5-8-17-9-6-12/h1-10H,16H2. The minimum Gasteiger partial charge on any atom is -0.399 e. The van der Waals surface area contributed by atoms with Crippen LogP contribution < -0.4 is 5.73 Å². The Morgan fingerprint density at radius 3 is 2.21 bits per heavy atom. The fraction of sp³-hybridized carbons (Fsp3) is 0. The summed E-state index contributed by atoms with van der Waals surface area (Å²) in [5.41, 5.74) is 9.28. The number of nitrogens with zero attached hydrogens (tertiary/aromatic N) is 3. The van der Waals surface area contributed by atoms with Crippen molar-refractivity contribution in [2.24, 2.45) is 0 Å². The molecule has 0 amide bonds. The van der Waals surface area contributed by atoms with Crippen LogP contribution in [0.1, 0.15) is 0 Å². The van der Waals surface area contributed by atoms with E-state index >= 15 is 0 Å². The molecule has 19 heavy (non-hydrogen) atoms. The van der Waals surface area contributed by atoms with Gasteiger partial charge in [0.2, 0.25) is 0 Å². The summed E-state index contributed by atoms with van der Waals surface area (Å²) in [6, 6.07) is 13.3. The molecule has 2 aromatic heterocycles. The molecule has 4 nitrogen and oxygen atoms in total. The fourth-order valence-electron chi connectivity index (χ4n) is 1.81. The van der Waals surface area contributed by atoms with E-state index in [1.807, 2.05) is 42.5 Å². The Bertz CT molecular complexity index is 678. The van der Waals surface area contributed by atoms with Gasteiger partial charge in [-0.2, -0.15) is 0 Å². The lowest BCUT2D eigenvalue weighted by molar-refractivity contribution is 1.17. The minimum atomic E-state index is 0.691. The number of anilines is 1. The number of aromatic nitrogens is 3. The number of pyridine rings is 1.